The zero-order chi connectivity index (χ0) is 12.0. The molecule has 1 fully saturated rings. The lowest BCUT2D eigenvalue weighted by atomic mass is 10.0. The minimum atomic E-state index is -0.126. The molecule has 0 spiro atoms. The number of nitrogens with two attached hydrogens (primary N) is 1. The van der Waals surface area contributed by atoms with Crippen LogP contribution in [0.2, 0.25) is 0 Å². The van der Waals surface area contributed by atoms with E-state index in [1.165, 1.54) is 19.3 Å². The van der Waals surface area contributed by atoms with Crippen LogP contribution in [0.1, 0.15) is 26.2 Å². The molecular weight excluding hydrogens is 204 g/mol. The second-order valence-corrected chi connectivity index (χ2v) is 4.48. The molecule has 4 nitrogen and oxygen atoms in total. The Labute approximate surface area is 99.1 Å². The Balaban J connectivity index is 2.52. The molecule has 0 heterocycles. The summed E-state index contributed by atoms with van der Waals surface area (Å²) in [5.74, 6) is 0.648. The van der Waals surface area contributed by atoms with Crippen LogP contribution >= 0.6 is 0 Å². The summed E-state index contributed by atoms with van der Waals surface area (Å²) < 4.78 is 10.5. The number of methoxy groups -OCH3 is 2. The molecule has 0 bridgehead atoms. The maximum absolute atomic E-state index is 5.82. The average molecular weight is 230 g/mol. The molecule has 0 saturated heterocycles. The van der Waals surface area contributed by atoms with E-state index in [0.29, 0.717) is 12.0 Å². The highest BCUT2D eigenvalue weighted by molar-refractivity contribution is 4.85. The predicted molar refractivity (Wildman–Crippen MR) is 65.2 cm³/mol. The summed E-state index contributed by atoms with van der Waals surface area (Å²) in [5, 5.41) is 0. The molecule has 4 heteroatoms. The fourth-order valence-corrected chi connectivity index (χ4v) is 2.71. The largest absolute Gasteiger partial charge is 0.355 e. The molecule has 2 unspecified atom stereocenters. The zero-order valence-electron chi connectivity index (χ0n) is 10.8. The van der Waals surface area contributed by atoms with E-state index in [-0.39, 0.29) is 6.29 Å². The molecule has 0 aromatic carbocycles. The fraction of sp³-hybridized carbons (Fsp3) is 1.00. The van der Waals surface area contributed by atoms with Crippen LogP contribution in [0.25, 0.3) is 0 Å². The van der Waals surface area contributed by atoms with E-state index in [2.05, 4.69) is 11.8 Å². The summed E-state index contributed by atoms with van der Waals surface area (Å²) in [4.78, 5) is 2.45. The van der Waals surface area contributed by atoms with E-state index < -0.39 is 0 Å². The molecule has 1 aliphatic rings. The Morgan fingerprint density at radius 1 is 1.31 bits per heavy atom. The van der Waals surface area contributed by atoms with Crippen LogP contribution in [0, 0.1) is 5.92 Å². The molecular formula is C12H26N2O2. The number of likely N-dealkylation sites (N-methyl/N-ethyl adjacent to an activating group) is 1. The summed E-state index contributed by atoms with van der Waals surface area (Å²) in [5.41, 5.74) is 5.82. The van der Waals surface area contributed by atoms with Crippen molar-refractivity contribution in [3.63, 3.8) is 0 Å². The van der Waals surface area contributed by atoms with Crippen molar-refractivity contribution in [1.29, 1.82) is 0 Å². The van der Waals surface area contributed by atoms with Crippen LogP contribution in [-0.4, -0.2) is 51.1 Å². The first-order valence-electron chi connectivity index (χ1n) is 6.26. The normalized spacial score (nSPS) is 25.9. The Morgan fingerprint density at radius 3 is 2.50 bits per heavy atom. The van der Waals surface area contributed by atoms with Crippen molar-refractivity contribution in [2.24, 2.45) is 11.7 Å². The van der Waals surface area contributed by atoms with E-state index in [1.54, 1.807) is 14.2 Å². The summed E-state index contributed by atoms with van der Waals surface area (Å²) >= 11 is 0. The monoisotopic (exact) mass is 230 g/mol. The minimum absolute atomic E-state index is 0.126. The molecule has 96 valence electrons. The first kappa shape index (κ1) is 13.9. The molecule has 0 amide bonds. The summed E-state index contributed by atoms with van der Waals surface area (Å²) in [6.07, 6.45) is 3.70. The van der Waals surface area contributed by atoms with Gasteiger partial charge in [-0.1, -0.05) is 13.3 Å². The van der Waals surface area contributed by atoms with Gasteiger partial charge in [0, 0.05) is 26.8 Å². The smallest absolute Gasteiger partial charge is 0.169 e. The Bertz CT molecular complexity index is 186. The summed E-state index contributed by atoms with van der Waals surface area (Å²) in [6, 6.07) is 0.614. The van der Waals surface area contributed by atoms with Gasteiger partial charge in [-0.25, -0.2) is 0 Å². The topological polar surface area (TPSA) is 47.7 Å². The van der Waals surface area contributed by atoms with E-state index in [0.717, 1.165) is 19.6 Å². The maximum Gasteiger partial charge on any atom is 0.169 e. The minimum Gasteiger partial charge on any atom is -0.355 e. The maximum atomic E-state index is 5.82. The molecule has 1 aliphatic carbocycles. The van der Waals surface area contributed by atoms with Crippen molar-refractivity contribution < 1.29 is 9.47 Å². The van der Waals surface area contributed by atoms with Crippen molar-refractivity contribution in [1.82, 2.24) is 4.90 Å². The van der Waals surface area contributed by atoms with Gasteiger partial charge in [0.15, 0.2) is 6.29 Å². The van der Waals surface area contributed by atoms with Crippen molar-refractivity contribution >= 4 is 0 Å². The van der Waals surface area contributed by atoms with Crippen LogP contribution in [0.15, 0.2) is 0 Å². The molecule has 1 rings (SSSR count). The van der Waals surface area contributed by atoms with Crippen LogP contribution in [0.5, 0.6) is 0 Å². The molecule has 2 N–H and O–H groups in total. The van der Waals surface area contributed by atoms with E-state index in [1.807, 2.05) is 0 Å². The van der Waals surface area contributed by atoms with Crippen molar-refractivity contribution in [2.45, 2.75) is 38.5 Å². The van der Waals surface area contributed by atoms with Crippen LogP contribution < -0.4 is 5.73 Å². The Hall–Kier alpha value is -0.160. The molecule has 0 aromatic heterocycles. The first-order valence-corrected chi connectivity index (χ1v) is 6.26. The second kappa shape index (κ2) is 7.22. The molecule has 2 atom stereocenters. The zero-order valence-corrected chi connectivity index (χ0v) is 10.8. The van der Waals surface area contributed by atoms with Gasteiger partial charge in [-0.05, 0) is 31.8 Å². The van der Waals surface area contributed by atoms with Gasteiger partial charge in [0.2, 0.25) is 0 Å². The number of hydrogen-bond donors (Lipinski definition) is 1. The lowest BCUT2D eigenvalue weighted by molar-refractivity contribution is -0.121. The number of nitrogens with zero attached hydrogens (tertiary/aromatic N) is 1. The quantitative estimate of drug-likeness (QED) is 0.664. The van der Waals surface area contributed by atoms with Crippen molar-refractivity contribution in [2.75, 3.05) is 33.9 Å². The fourth-order valence-electron chi connectivity index (χ4n) is 2.71. The summed E-state index contributed by atoms with van der Waals surface area (Å²) in [6.45, 7) is 4.86. The summed E-state index contributed by atoms with van der Waals surface area (Å²) in [7, 11) is 3.38. The number of ether oxygens (including phenoxy) is 2. The second-order valence-electron chi connectivity index (χ2n) is 4.48. The third-order valence-corrected chi connectivity index (χ3v) is 3.71. The first-order chi connectivity index (χ1) is 7.76. The molecule has 0 aliphatic heterocycles. The van der Waals surface area contributed by atoms with Gasteiger partial charge in [0.1, 0.15) is 0 Å². The van der Waals surface area contributed by atoms with Gasteiger partial charge in [0.25, 0.3) is 0 Å². The Kier molecular flexibility index (Phi) is 6.28. The standard InChI is InChI=1S/C12H26N2O2/c1-4-14(9-12(15-2)16-3)11-7-5-6-10(11)8-13/h10-12H,4-9,13H2,1-3H3. The third-order valence-electron chi connectivity index (χ3n) is 3.71. The lowest BCUT2D eigenvalue weighted by Gasteiger charge is -2.33. The average Bonchev–Trinajstić information content (AvgIpc) is 2.79. The van der Waals surface area contributed by atoms with Gasteiger partial charge in [-0.3, -0.25) is 4.90 Å². The van der Waals surface area contributed by atoms with Gasteiger partial charge < -0.3 is 15.2 Å². The van der Waals surface area contributed by atoms with Crippen LogP contribution in [0.4, 0.5) is 0 Å². The van der Waals surface area contributed by atoms with E-state index >= 15 is 0 Å². The van der Waals surface area contributed by atoms with Gasteiger partial charge in [-0.15, -0.1) is 0 Å². The van der Waals surface area contributed by atoms with Gasteiger partial charge >= 0.3 is 0 Å². The van der Waals surface area contributed by atoms with Gasteiger partial charge in [-0.2, -0.15) is 0 Å². The van der Waals surface area contributed by atoms with Crippen molar-refractivity contribution in [3.8, 4) is 0 Å². The SMILES string of the molecule is CCN(CC(OC)OC)C1CCCC1CN. The molecule has 1 saturated carbocycles. The van der Waals surface area contributed by atoms with Crippen LogP contribution in [-0.2, 0) is 9.47 Å². The van der Waals surface area contributed by atoms with E-state index in [4.69, 9.17) is 15.2 Å². The molecule has 0 radical (unpaired) electrons. The lowest BCUT2D eigenvalue weighted by Crippen LogP contribution is -2.44. The Morgan fingerprint density at radius 2 is 2.00 bits per heavy atom. The number of rotatable bonds is 7. The number of hydrogen-bond acceptors (Lipinski definition) is 4. The predicted octanol–water partition coefficient (Wildman–Crippen LogP) is 1.05. The molecule has 16 heavy (non-hydrogen) atoms. The third kappa shape index (κ3) is 3.42. The highest BCUT2D eigenvalue weighted by atomic mass is 16.7. The molecule has 0 aromatic rings. The highest BCUT2D eigenvalue weighted by Crippen LogP contribution is 2.29. The van der Waals surface area contributed by atoms with Gasteiger partial charge in [0.05, 0.1) is 0 Å². The van der Waals surface area contributed by atoms with Crippen molar-refractivity contribution in [3.05, 3.63) is 0 Å². The highest BCUT2D eigenvalue weighted by Gasteiger charge is 2.31. The van der Waals surface area contributed by atoms with E-state index in [9.17, 15) is 0 Å². The van der Waals surface area contributed by atoms with Crippen LogP contribution in [0.3, 0.4) is 0 Å².